The largest absolute Gasteiger partial charge is 0.385 e. The summed E-state index contributed by atoms with van der Waals surface area (Å²) in [6.07, 6.45) is 0.908. The average Bonchev–Trinajstić information content (AvgIpc) is 2.32. The topological polar surface area (TPSA) is 29.5 Å². The Balaban J connectivity index is 2.32. The predicted molar refractivity (Wildman–Crippen MR) is 68.8 cm³/mol. The molecule has 0 aromatic heterocycles. The number of hydrogen-bond acceptors (Lipinski definition) is 2. The molecule has 1 N–H and O–H groups in total. The van der Waals surface area contributed by atoms with Crippen molar-refractivity contribution in [1.29, 1.82) is 0 Å². The highest BCUT2D eigenvalue weighted by Gasteiger charge is 2.39. The molecule has 1 heterocycles. The normalized spacial score (nSPS) is 28.7. The molecule has 0 saturated carbocycles. The summed E-state index contributed by atoms with van der Waals surface area (Å²) in [7, 11) is 0. The molecule has 100 valence electrons. The zero-order valence-corrected chi connectivity index (χ0v) is 11.2. The highest BCUT2D eigenvalue weighted by molar-refractivity contribution is 5.29. The minimum atomic E-state index is -1.09. The van der Waals surface area contributed by atoms with Crippen molar-refractivity contribution < 1.29 is 14.2 Å². The molecule has 0 aliphatic carbocycles. The van der Waals surface area contributed by atoms with Gasteiger partial charge in [0, 0.05) is 18.4 Å². The van der Waals surface area contributed by atoms with Crippen LogP contribution in [-0.2, 0) is 10.3 Å². The van der Waals surface area contributed by atoms with E-state index >= 15 is 0 Å². The van der Waals surface area contributed by atoms with Crippen molar-refractivity contribution in [3.63, 3.8) is 0 Å². The molecular weight excluding hydrogens is 231 g/mol. The maximum absolute atomic E-state index is 13.9. The summed E-state index contributed by atoms with van der Waals surface area (Å²) in [6.45, 7) is 6.50. The predicted octanol–water partition coefficient (Wildman–Crippen LogP) is 3.16. The molecule has 1 aromatic carbocycles. The Hall–Kier alpha value is -0.930. The molecule has 2 rings (SSSR count). The van der Waals surface area contributed by atoms with Crippen LogP contribution in [0.3, 0.4) is 0 Å². The molecule has 0 bridgehead atoms. The molecule has 2 atom stereocenters. The first kappa shape index (κ1) is 13.5. The van der Waals surface area contributed by atoms with Gasteiger partial charge in [-0.3, -0.25) is 0 Å². The first-order valence-electron chi connectivity index (χ1n) is 6.53. The lowest BCUT2D eigenvalue weighted by Crippen LogP contribution is -2.41. The second-order valence-corrected chi connectivity index (χ2v) is 5.62. The minimum absolute atomic E-state index is 0.0105. The van der Waals surface area contributed by atoms with Crippen molar-refractivity contribution in [1.82, 2.24) is 0 Å². The molecule has 0 amide bonds. The molecule has 3 heteroatoms. The van der Waals surface area contributed by atoms with Gasteiger partial charge in [0.25, 0.3) is 0 Å². The molecule has 2 nitrogen and oxygen atoms in total. The standard InChI is InChI=1S/C15H21FO2/c1-10(2)14-9-15(17,6-7-18-14)12-8-11(3)4-5-13(12)16/h4-5,8,10,14,17H,6-7,9H2,1-3H3. The van der Waals surface area contributed by atoms with E-state index in [4.69, 9.17) is 4.74 Å². The van der Waals surface area contributed by atoms with Gasteiger partial charge in [-0.15, -0.1) is 0 Å². The van der Waals surface area contributed by atoms with Crippen LogP contribution in [0.25, 0.3) is 0 Å². The van der Waals surface area contributed by atoms with Gasteiger partial charge in [-0.2, -0.15) is 0 Å². The fourth-order valence-corrected chi connectivity index (χ4v) is 2.54. The lowest BCUT2D eigenvalue weighted by molar-refractivity contribution is -0.122. The molecule has 1 aliphatic heterocycles. The van der Waals surface area contributed by atoms with E-state index in [-0.39, 0.29) is 11.9 Å². The molecule has 1 fully saturated rings. The highest BCUT2D eigenvalue weighted by atomic mass is 19.1. The van der Waals surface area contributed by atoms with E-state index in [1.165, 1.54) is 6.07 Å². The second kappa shape index (κ2) is 4.98. The molecule has 1 saturated heterocycles. The number of aryl methyl sites for hydroxylation is 1. The summed E-state index contributed by atoms with van der Waals surface area (Å²) in [5.41, 5.74) is 0.285. The van der Waals surface area contributed by atoms with Gasteiger partial charge >= 0.3 is 0 Å². The SMILES string of the molecule is Cc1ccc(F)c(C2(O)CCOC(C(C)C)C2)c1. The lowest BCUT2D eigenvalue weighted by Gasteiger charge is -2.39. The molecule has 0 radical (unpaired) electrons. The number of benzene rings is 1. The number of rotatable bonds is 2. The number of halogens is 1. The maximum atomic E-state index is 13.9. The molecule has 1 aromatic rings. The monoisotopic (exact) mass is 252 g/mol. The van der Waals surface area contributed by atoms with E-state index in [2.05, 4.69) is 13.8 Å². The van der Waals surface area contributed by atoms with Crippen LogP contribution in [0.5, 0.6) is 0 Å². The van der Waals surface area contributed by atoms with E-state index < -0.39 is 5.60 Å². The molecule has 18 heavy (non-hydrogen) atoms. The van der Waals surface area contributed by atoms with Crippen LogP contribution < -0.4 is 0 Å². The van der Waals surface area contributed by atoms with Crippen molar-refractivity contribution in [2.45, 2.75) is 45.3 Å². The third-order valence-corrected chi connectivity index (χ3v) is 3.75. The van der Waals surface area contributed by atoms with E-state index in [1.54, 1.807) is 12.1 Å². The number of hydrogen-bond donors (Lipinski definition) is 1. The van der Waals surface area contributed by atoms with E-state index in [0.29, 0.717) is 30.9 Å². The van der Waals surface area contributed by atoms with Gasteiger partial charge in [0.05, 0.1) is 18.3 Å². The molecule has 2 unspecified atom stereocenters. The van der Waals surface area contributed by atoms with Crippen LogP contribution in [0.2, 0.25) is 0 Å². The Morgan fingerprint density at radius 2 is 2.17 bits per heavy atom. The lowest BCUT2D eigenvalue weighted by atomic mass is 9.80. The summed E-state index contributed by atoms with van der Waals surface area (Å²) in [5.74, 6) is -0.00259. The Labute approximate surface area is 108 Å². The van der Waals surface area contributed by atoms with Crippen LogP contribution in [0.1, 0.15) is 37.8 Å². The van der Waals surface area contributed by atoms with Crippen molar-refractivity contribution >= 4 is 0 Å². The maximum Gasteiger partial charge on any atom is 0.129 e. The number of ether oxygens (including phenoxy) is 1. The van der Waals surface area contributed by atoms with Crippen LogP contribution in [0.4, 0.5) is 4.39 Å². The Morgan fingerprint density at radius 3 is 2.83 bits per heavy atom. The number of aliphatic hydroxyl groups is 1. The Kier molecular flexibility index (Phi) is 3.74. The van der Waals surface area contributed by atoms with Crippen LogP contribution >= 0.6 is 0 Å². The smallest absolute Gasteiger partial charge is 0.129 e. The summed E-state index contributed by atoms with van der Waals surface area (Å²) < 4.78 is 19.6. The summed E-state index contributed by atoms with van der Waals surface area (Å²) >= 11 is 0. The van der Waals surface area contributed by atoms with Gasteiger partial charge in [0.2, 0.25) is 0 Å². The molecule has 0 spiro atoms. The Bertz CT molecular complexity index is 431. The van der Waals surface area contributed by atoms with Crippen LogP contribution in [0.15, 0.2) is 18.2 Å². The zero-order chi connectivity index (χ0) is 13.3. The van der Waals surface area contributed by atoms with Crippen molar-refractivity contribution in [2.24, 2.45) is 5.92 Å². The summed E-state index contributed by atoms with van der Waals surface area (Å²) in [5, 5.41) is 10.7. The van der Waals surface area contributed by atoms with Gasteiger partial charge in [-0.05, 0) is 18.9 Å². The first-order valence-corrected chi connectivity index (χ1v) is 6.53. The van der Waals surface area contributed by atoms with Gasteiger partial charge < -0.3 is 9.84 Å². The fourth-order valence-electron chi connectivity index (χ4n) is 2.54. The van der Waals surface area contributed by atoms with E-state index in [1.807, 2.05) is 6.92 Å². The van der Waals surface area contributed by atoms with Gasteiger partial charge in [-0.1, -0.05) is 31.5 Å². The average molecular weight is 252 g/mol. The third-order valence-electron chi connectivity index (χ3n) is 3.75. The minimum Gasteiger partial charge on any atom is -0.385 e. The van der Waals surface area contributed by atoms with E-state index in [0.717, 1.165) is 5.56 Å². The second-order valence-electron chi connectivity index (χ2n) is 5.62. The van der Waals surface area contributed by atoms with Crippen molar-refractivity contribution in [3.8, 4) is 0 Å². The van der Waals surface area contributed by atoms with Crippen molar-refractivity contribution in [3.05, 3.63) is 35.1 Å². The quantitative estimate of drug-likeness (QED) is 0.876. The van der Waals surface area contributed by atoms with Crippen LogP contribution in [0, 0.1) is 18.7 Å². The van der Waals surface area contributed by atoms with Gasteiger partial charge in [0.15, 0.2) is 0 Å². The molecular formula is C15H21FO2. The van der Waals surface area contributed by atoms with Gasteiger partial charge in [-0.25, -0.2) is 4.39 Å². The fraction of sp³-hybridized carbons (Fsp3) is 0.600. The van der Waals surface area contributed by atoms with Crippen LogP contribution in [-0.4, -0.2) is 17.8 Å². The third kappa shape index (κ3) is 2.57. The molecule has 1 aliphatic rings. The first-order chi connectivity index (χ1) is 8.42. The highest BCUT2D eigenvalue weighted by Crippen LogP contribution is 2.38. The van der Waals surface area contributed by atoms with Crippen molar-refractivity contribution in [2.75, 3.05) is 6.61 Å². The zero-order valence-electron chi connectivity index (χ0n) is 11.2. The summed E-state index contributed by atoms with van der Waals surface area (Å²) in [6, 6.07) is 4.90. The summed E-state index contributed by atoms with van der Waals surface area (Å²) in [4.78, 5) is 0. The Morgan fingerprint density at radius 1 is 1.44 bits per heavy atom. The van der Waals surface area contributed by atoms with Gasteiger partial charge in [0.1, 0.15) is 5.82 Å². The van der Waals surface area contributed by atoms with E-state index in [9.17, 15) is 9.50 Å².